The van der Waals surface area contributed by atoms with Crippen LogP contribution < -0.4 is 0 Å². The molecule has 0 amide bonds. The molecule has 0 unspecified atom stereocenters. The van der Waals surface area contributed by atoms with Gasteiger partial charge in [-0.1, -0.05) is 56.9 Å². The Morgan fingerprint density at radius 3 is 2.17 bits per heavy atom. The van der Waals surface area contributed by atoms with E-state index in [2.05, 4.69) is 51.2 Å². The molecule has 0 aromatic carbocycles. The Morgan fingerprint density at radius 1 is 0.966 bits per heavy atom. The number of carbonyl (C=O) groups is 1. The summed E-state index contributed by atoms with van der Waals surface area (Å²) >= 11 is 0. The Morgan fingerprint density at radius 2 is 1.55 bits per heavy atom. The molecule has 0 bridgehead atoms. The SMILES string of the molecule is CCCCCCCC1=C(C)C(=O)C=C2C1=N[C@@H]1C=CC=C[C@H]21.[C-]#[O+].[C-]#[O+].[C-]#[O+].[Fe]. The number of hydrogen-bond acceptors (Lipinski definition) is 2. The maximum Gasteiger partial charge on any atom is 0 e. The van der Waals surface area contributed by atoms with Crippen molar-refractivity contribution in [2.45, 2.75) is 58.4 Å². The number of ketones is 1. The van der Waals surface area contributed by atoms with Gasteiger partial charge in [-0.2, -0.15) is 0 Å². The Labute approximate surface area is 183 Å². The van der Waals surface area contributed by atoms with E-state index < -0.39 is 0 Å². The van der Waals surface area contributed by atoms with Gasteiger partial charge in [-0.3, -0.25) is 9.79 Å². The van der Waals surface area contributed by atoms with E-state index in [0.717, 1.165) is 29.7 Å². The average Bonchev–Trinajstić information content (AvgIpc) is 3.13. The summed E-state index contributed by atoms with van der Waals surface area (Å²) in [7, 11) is 0. The Balaban J connectivity index is 0. The fraction of sp³-hybridized carbons (Fsp3) is 0.435. The Hall–Kier alpha value is -1.96. The van der Waals surface area contributed by atoms with E-state index in [4.69, 9.17) is 18.9 Å². The van der Waals surface area contributed by atoms with Crippen molar-refractivity contribution in [1.82, 2.24) is 0 Å². The second-order valence-electron chi connectivity index (χ2n) is 6.50. The van der Waals surface area contributed by atoms with Crippen LogP contribution >= 0.6 is 0 Å². The van der Waals surface area contributed by atoms with Gasteiger partial charge in [0.1, 0.15) is 0 Å². The summed E-state index contributed by atoms with van der Waals surface area (Å²) < 4.78 is 22.5. The minimum absolute atomic E-state index is 0. The van der Waals surface area contributed by atoms with Crippen LogP contribution in [0.1, 0.15) is 52.4 Å². The van der Waals surface area contributed by atoms with Crippen molar-refractivity contribution >= 4 is 11.5 Å². The van der Waals surface area contributed by atoms with Crippen molar-refractivity contribution in [3.63, 3.8) is 0 Å². The first-order chi connectivity index (χ1) is 13.7. The molecular formula is C23H25FeNO4. The quantitative estimate of drug-likeness (QED) is 0.197. The number of allylic oxidation sites excluding steroid dienone is 5. The van der Waals surface area contributed by atoms with Gasteiger partial charge in [-0.15, -0.1) is 0 Å². The van der Waals surface area contributed by atoms with Gasteiger partial charge < -0.3 is 0 Å². The first-order valence-corrected chi connectivity index (χ1v) is 9.22. The van der Waals surface area contributed by atoms with E-state index in [1.165, 1.54) is 31.3 Å². The molecule has 2 aliphatic carbocycles. The molecule has 3 aliphatic rings. The average molecular weight is 435 g/mol. The summed E-state index contributed by atoms with van der Waals surface area (Å²) in [5, 5.41) is 0. The molecular weight excluding hydrogens is 410 g/mol. The summed E-state index contributed by atoms with van der Waals surface area (Å²) in [4.78, 5) is 17.2. The van der Waals surface area contributed by atoms with Gasteiger partial charge >= 0.3 is 33.9 Å². The van der Waals surface area contributed by atoms with E-state index in [0.29, 0.717) is 0 Å². The van der Waals surface area contributed by atoms with Crippen LogP contribution in [0.3, 0.4) is 0 Å². The van der Waals surface area contributed by atoms with Gasteiger partial charge in [0.15, 0.2) is 5.78 Å². The fourth-order valence-corrected chi connectivity index (χ4v) is 3.59. The summed E-state index contributed by atoms with van der Waals surface area (Å²) in [5.41, 5.74) is 4.36. The molecule has 2 atom stereocenters. The van der Waals surface area contributed by atoms with Gasteiger partial charge in [0.25, 0.3) is 0 Å². The second-order valence-corrected chi connectivity index (χ2v) is 6.50. The zero-order chi connectivity index (χ0) is 21.5. The van der Waals surface area contributed by atoms with E-state index in [-0.39, 0.29) is 34.8 Å². The molecule has 0 radical (unpaired) electrons. The van der Waals surface area contributed by atoms with Crippen LogP contribution in [0.25, 0.3) is 0 Å². The second kappa shape index (κ2) is 16.9. The molecule has 0 spiro atoms. The van der Waals surface area contributed by atoms with Gasteiger partial charge in [-0.25, -0.2) is 0 Å². The topological polar surface area (TPSA) is 89.1 Å². The molecule has 0 saturated carbocycles. The molecule has 154 valence electrons. The van der Waals surface area contributed by atoms with Crippen molar-refractivity contribution in [3.05, 3.63) is 67.1 Å². The normalized spacial score (nSPS) is 19.9. The zero-order valence-corrected chi connectivity index (χ0v) is 17.8. The smallest absolute Gasteiger partial charge is 0 e. The van der Waals surface area contributed by atoms with Crippen LogP contribution in [0.4, 0.5) is 0 Å². The van der Waals surface area contributed by atoms with Gasteiger partial charge in [0.05, 0.1) is 11.8 Å². The molecule has 1 heterocycles. The predicted molar refractivity (Wildman–Crippen MR) is 104 cm³/mol. The largest absolute Gasteiger partial charge is 0 e. The van der Waals surface area contributed by atoms with E-state index in [1.807, 2.05) is 13.0 Å². The number of unbranched alkanes of at least 4 members (excludes halogenated alkanes) is 4. The van der Waals surface area contributed by atoms with Crippen molar-refractivity contribution in [2.75, 3.05) is 0 Å². The fourth-order valence-electron chi connectivity index (χ4n) is 3.59. The number of carbonyl (C=O) groups excluding carboxylic acids is 1. The molecule has 29 heavy (non-hydrogen) atoms. The first kappa shape index (κ1) is 29.2. The molecule has 3 rings (SSSR count). The predicted octanol–water partition coefficient (Wildman–Crippen LogP) is 4.62. The standard InChI is InChI=1S/C20H25NO.3CO.Fe/c1-3-4-5-6-7-10-15-14(2)19(22)13-17-16-11-8-9-12-18(16)21-20(15)17;3*1-2;/h8-9,11-13,16,18H,3-7,10H2,1-2H3;;;;/t16-,18-;;;;/m1..../s1. The molecule has 0 N–H and O–H groups in total. The monoisotopic (exact) mass is 435 g/mol. The maximum atomic E-state index is 12.3. The number of rotatable bonds is 6. The minimum Gasteiger partial charge on any atom is 0 e. The molecule has 0 saturated heterocycles. The molecule has 5 nitrogen and oxygen atoms in total. The minimum atomic E-state index is 0. The summed E-state index contributed by atoms with van der Waals surface area (Å²) in [6.07, 6.45) is 17.5. The van der Waals surface area contributed by atoms with E-state index in [1.54, 1.807) is 0 Å². The molecule has 0 fully saturated rings. The molecule has 0 aromatic heterocycles. The van der Waals surface area contributed by atoms with Crippen molar-refractivity contribution in [1.29, 1.82) is 0 Å². The number of nitrogens with zero attached hydrogens (tertiary/aromatic N) is 1. The number of hydrogen-bond donors (Lipinski definition) is 0. The third-order valence-corrected chi connectivity index (χ3v) is 4.94. The van der Waals surface area contributed by atoms with E-state index >= 15 is 0 Å². The van der Waals surface area contributed by atoms with Gasteiger partial charge in [0, 0.05) is 28.6 Å². The summed E-state index contributed by atoms with van der Waals surface area (Å²) in [6.45, 7) is 17.7. The van der Waals surface area contributed by atoms with E-state index in [9.17, 15) is 4.79 Å². The van der Waals surface area contributed by atoms with Gasteiger partial charge in [0.2, 0.25) is 0 Å². The van der Waals surface area contributed by atoms with Crippen molar-refractivity contribution in [3.8, 4) is 0 Å². The van der Waals surface area contributed by atoms with Crippen LogP contribution in [0.5, 0.6) is 0 Å². The summed E-state index contributed by atoms with van der Waals surface area (Å²) in [6, 6.07) is 0.194. The Bertz CT molecular complexity index is 736. The van der Waals surface area contributed by atoms with Crippen LogP contribution in [0, 0.1) is 25.9 Å². The third-order valence-electron chi connectivity index (χ3n) is 4.94. The van der Waals surface area contributed by atoms with Crippen LogP contribution in [0.2, 0.25) is 0 Å². The van der Waals surface area contributed by atoms with Crippen LogP contribution in [-0.2, 0) is 35.8 Å². The number of fused-ring (bicyclic) bond motifs is 3. The molecule has 1 aliphatic heterocycles. The number of aliphatic imine (C=N–C) groups is 1. The van der Waals surface area contributed by atoms with Gasteiger partial charge in [-0.05, 0) is 37.0 Å². The van der Waals surface area contributed by atoms with Crippen molar-refractivity contribution in [2.24, 2.45) is 10.9 Å². The van der Waals surface area contributed by atoms with Crippen LogP contribution in [-0.4, -0.2) is 17.5 Å². The molecule has 0 aromatic rings. The summed E-state index contributed by atoms with van der Waals surface area (Å²) in [5.74, 6) is 0.452. The zero-order valence-electron chi connectivity index (χ0n) is 16.7. The maximum absolute atomic E-state index is 12.3. The first-order valence-electron chi connectivity index (χ1n) is 9.22. The van der Waals surface area contributed by atoms with Crippen molar-refractivity contribution < 1.29 is 35.8 Å². The molecule has 6 heteroatoms. The third kappa shape index (κ3) is 7.76. The van der Waals surface area contributed by atoms with Crippen LogP contribution in [0.15, 0.2) is 52.1 Å². The Kier molecular flexibility index (Phi) is 17.1.